The molecular formula is C18H20N6O3S. The Bertz CT molecular complexity index is 900. The molecule has 0 radical (unpaired) electrons. The molecule has 0 saturated carbocycles. The molecule has 1 saturated heterocycles. The number of carbonyl (C=O) groups excluding carboxylic acids is 3. The molecule has 1 fully saturated rings. The summed E-state index contributed by atoms with van der Waals surface area (Å²) in [6.45, 7) is 5.97. The van der Waals surface area contributed by atoms with Crippen LogP contribution in [0.3, 0.4) is 0 Å². The van der Waals surface area contributed by atoms with E-state index in [2.05, 4.69) is 27.5 Å². The highest BCUT2D eigenvalue weighted by atomic mass is 32.2. The molecule has 28 heavy (non-hydrogen) atoms. The first-order valence-electron chi connectivity index (χ1n) is 8.65. The molecule has 0 aliphatic carbocycles. The van der Waals surface area contributed by atoms with Crippen LogP contribution in [0.25, 0.3) is 0 Å². The van der Waals surface area contributed by atoms with Crippen molar-refractivity contribution in [1.82, 2.24) is 30.5 Å². The van der Waals surface area contributed by atoms with Gasteiger partial charge in [-0.15, -0.1) is 16.8 Å². The molecule has 1 aromatic carbocycles. The third-order valence-corrected chi connectivity index (χ3v) is 5.34. The SMILES string of the molecule is C=CCn1cnnc1SCC(=O)NN1C(=O)NC(CC)(c2ccccc2)C1=O. The molecule has 0 spiro atoms. The number of hydrazine groups is 1. The van der Waals surface area contributed by atoms with Gasteiger partial charge in [-0.1, -0.05) is 55.1 Å². The number of nitrogens with zero attached hydrogens (tertiary/aromatic N) is 4. The van der Waals surface area contributed by atoms with Crippen LogP contribution in [0.1, 0.15) is 18.9 Å². The van der Waals surface area contributed by atoms with Gasteiger partial charge in [0.1, 0.15) is 11.9 Å². The molecule has 10 heteroatoms. The van der Waals surface area contributed by atoms with Crippen LogP contribution >= 0.6 is 11.8 Å². The van der Waals surface area contributed by atoms with Crippen LogP contribution in [0, 0.1) is 0 Å². The van der Waals surface area contributed by atoms with E-state index in [0.717, 1.165) is 16.8 Å². The summed E-state index contributed by atoms with van der Waals surface area (Å²) in [6, 6.07) is 8.30. The maximum atomic E-state index is 13.0. The Morgan fingerprint density at radius 1 is 1.36 bits per heavy atom. The number of benzene rings is 1. The number of urea groups is 1. The zero-order valence-corrected chi connectivity index (χ0v) is 16.1. The van der Waals surface area contributed by atoms with E-state index in [0.29, 0.717) is 23.7 Å². The Morgan fingerprint density at radius 2 is 2.11 bits per heavy atom. The van der Waals surface area contributed by atoms with E-state index >= 15 is 0 Å². The van der Waals surface area contributed by atoms with Crippen molar-refractivity contribution in [1.29, 1.82) is 0 Å². The second-order valence-corrected chi connectivity index (χ2v) is 7.02. The lowest BCUT2D eigenvalue weighted by Crippen LogP contribution is -2.49. The normalized spacial score (nSPS) is 18.8. The number of thioether (sulfide) groups is 1. The van der Waals surface area contributed by atoms with Gasteiger partial charge in [0.25, 0.3) is 5.91 Å². The van der Waals surface area contributed by atoms with Crippen LogP contribution in [0.4, 0.5) is 4.79 Å². The summed E-state index contributed by atoms with van der Waals surface area (Å²) in [7, 11) is 0. The molecule has 2 N–H and O–H groups in total. The Kier molecular flexibility index (Phi) is 5.78. The van der Waals surface area contributed by atoms with Crippen LogP contribution in [-0.4, -0.2) is 43.4 Å². The molecule has 0 bridgehead atoms. The lowest BCUT2D eigenvalue weighted by molar-refractivity contribution is -0.138. The quantitative estimate of drug-likeness (QED) is 0.394. The molecule has 1 unspecified atom stereocenters. The third kappa shape index (κ3) is 3.63. The van der Waals surface area contributed by atoms with Gasteiger partial charge in [-0.05, 0) is 12.0 Å². The zero-order valence-electron chi connectivity index (χ0n) is 15.3. The van der Waals surface area contributed by atoms with E-state index in [1.165, 1.54) is 6.33 Å². The molecule has 1 aliphatic rings. The van der Waals surface area contributed by atoms with Crippen molar-refractivity contribution in [3.63, 3.8) is 0 Å². The molecule has 1 aromatic heterocycles. The van der Waals surface area contributed by atoms with Crippen LogP contribution in [-0.2, 0) is 21.7 Å². The number of imide groups is 1. The lowest BCUT2D eigenvalue weighted by atomic mass is 9.87. The summed E-state index contributed by atoms with van der Waals surface area (Å²) >= 11 is 1.15. The number of carbonyl (C=O) groups is 3. The van der Waals surface area contributed by atoms with E-state index in [9.17, 15) is 14.4 Å². The van der Waals surface area contributed by atoms with Crippen molar-refractivity contribution in [2.24, 2.45) is 0 Å². The van der Waals surface area contributed by atoms with E-state index < -0.39 is 23.4 Å². The smallest absolute Gasteiger partial charge is 0.318 e. The maximum Gasteiger partial charge on any atom is 0.344 e. The summed E-state index contributed by atoms with van der Waals surface area (Å²) < 4.78 is 1.73. The van der Waals surface area contributed by atoms with Crippen molar-refractivity contribution >= 4 is 29.6 Å². The number of rotatable bonds is 8. The number of hydrogen-bond acceptors (Lipinski definition) is 6. The fraction of sp³-hybridized carbons (Fsp3) is 0.278. The molecule has 4 amide bonds. The highest BCUT2D eigenvalue weighted by Gasteiger charge is 2.52. The summed E-state index contributed by atoms with van der Waals surface area (Å²) in [6.07, 6.45) is 3.58. The van der Waals surface area contributed by atoms with E-state index in [1.54, 1.807) is 41.8 Å². The van der Waals surface area contributed by atoms with Crippen LogP contribution in [0.2, 0.25) is 0 Å². The van der Waals surface area contributed by atoms with Crippen LogP contribution in [0.15, 0.2) is 54.5 Å². The minimum atomic E-state index is -1.19. The van der Waals surface area contributed by atoms with Crippen molar-refractivity contribution < 1.29 is 14.4 Å². The van der Waals surface area contributed by atoms with Gasteiger partial charge in [-0.2, -0.15) is 5.01 Å². The highest BCUT2D eigenvalue weighted by Crippen LogP contribution is 2.31. The summed E-state index contributed by atoms with van der Waals surface area (Å²) in [5, 5.41) is 11.7. The molecule has 2 heterocycles. The molecular weight excluding hydrogens is 380 g/mol. The first-order chi connectivity index (χ1) is 13.5. The van der Waals surface area contributed by atoms with Gasteiger partial charge in [0.2, 0.25) is 5.91 Å². The third-order valence-electron chi connectivity index (χ3n) is 4.36. The standard InChI is InChI=1S/C18H20N6O3S/c1-3-10-23-12-19-21-17(23)28-11-14(25)22-24-15(26)18(4-2,20-16(24)27)13-8-6-5-7-9-13/h3,5-9,12H,1,4,10-11H2,2H3,(H,20,27)(H,22,25). The molecule has 3 rings (SSSR count). The van der Waals surface area contributed by atoms with Crippen molar-refractivity contribution in [2.75, 3.05) is 5.75 Å². The predicted octanol–water partition coefficient (Wildman–Crippen LogP) is 1.44. The van der Waals surface area contributed by atoms with Gasteiger partial charge in [0.15, 0.2) is 5.16 Å². The van der Waals surface area contributed by atoms with E-state index in [4.69, 9.17) is 0 Å². The largest absolute Gasteiger partial charge is 0.344 e. The molecule has 1 atom stereocenters. The molecule has 2 aromatic rings. The second-order valence-electron chi connectivity index (χ2n) is 6.07. The van der Waals surface area contributed by atoms with Gasteiger partial charge in [0.05, 0.1) is 5.75 Å². The van der Waals surface area contributed by atoms with Crippen molar-refractivity contribution in [2.45, 2.75) is 30.6 Å². The molecule has 146 valence electrons. The predicted molar refractivity (Wildman–Crippen MR) is 103 cm³/mol. The Morgan fingerprint density at radius 3 is 2.79 bits per heavy atom. The maximum absolute atomic E-state index is 13.0. The molecule has 1 aliphatic heterocycles. The number of nitrogens with one attached hydrogen (secondary N) is 2. The van der Waals surface area contributed by atoms with Crippen molar-refractivity contribution in [3.05, 3.63) is 54.9 Å². The van der Waals surface area contributed by atoms with Crippen molar-refractivity contribution in [3.8, 4) is 0 Å². The second kappa shape index (κ2) is 8.26. The first-order valence-corrected chi connectivity index (χ1v) is 9.63. The summed E-state index contributed by atoms with van der Waals surface area (Å²) in [4.78, 5) is 37.6. The van der Waals surface area contributed by atoms with Gasteiger partial charge < -0.3 is 9.88 Å². The summed E-state index contributed by atoms with van der Waals surface area (Å²) in [5.41, 5.74) is 1.86. The monoisotopic (exact) mass is 400 g/mol. The Labute approximate surface area is 166 Å². The van der Waals surface area contributed by atoms with E-state index in [-0.39, 0.29) is 5.75 Å². The first kappa shape index (κ1) is 19.6. The fourth-order valence-corrected chi connectivity index (χ4v) is 3.66. The Balaban J connectivity index is 1.68. The van der Waals surface area contributed by atoms with Crippen LogP contribution in [0.5, 0.6) is 0 Å². The lowest BCUT2D eigenvalue weighted by Gasteiger charge is -2.25. The van der Waals surface area contributed by atoms with E-state index in [1.807, 2.05) is 6.07 Å². The van der Waals surface area contributed by atoms with Gasteiger partial charge in [0, 0.05) is 6.54 Å². The van der Waals surface area contributed by atoms with Gasteiger partial charge in [-0.3, -0.25) is 15.0 Å². The number of amides is 4. The average Bonchev–Trinajstić information content (AvgIpc) is 3.25. The fourth-order valence-electron chi connectivity index (χ4n) is 2.95. The average molecular weight is 400 g/mol. The molecule has 9 nitrogen and oxygen atoms in total. The van der Waals surface area contributed by atoms with Gasteiger partial charge in [-0.25, -0.2) is 4.79 Å². The highest BCUT2D eigenvalue weighted by molar-refractivity contribution is 7.99. The topological polar surface area (TPSA) is 109 Å². The zero-order chi connectivity index (χ0) is 20.1. The minimum Gasteiger partial charge on any atom is -0.318 e. The number of allylic oxidation sites excluding steroid dienone is 1. The van der Waals surface area contributed by atoms with Crippen LogP contribution < -0.4 is 10.7 Å². The number of aromatic nitrogens is 3. The minimum absolute atomic E-state index is 0.0304. The Hall–Kier alpha value is -3.14. The number of hydrogen-bond donors (Lipinski definition) is 2. The van der Waals surface area contributed by atoms with Gasteiger partial charge >= 0.3 is 6.03 Å². The summed E-state index contributed by atoms with van der Waals surface area (Å²) in [5.74, 6) is -1.04.